The SMILES string of the molecule is Cc1cc(C)cc(OCC(=O)N(Cc2ccccc2F)[C@@H](Cc2ccccc2)C(=O)NC(C)(C)C)c1. The number of hydrogen-bond donors (Lipinski definition) is 1. The minimum atomic E-state index is -0.860. The van der Waals surface area contributed by atoms with E-state index in [0.29, 0.717) is 11.3 Å². The van der Waals surface area contributed by atoms with Crippen LogP contribution >= 0.6 is 0 Å². The summed E-state index contributed by atoms with van der Waals surface area (Å²) in [6.45, 7) is 9.24. The second-order valence-electron chi connectivity index (χ2n) is 10.2. The number of hydrogen-bond acceptors (Lipinski definition) is 3. The fraction of sp³-hybridized carbons (Fsp3) is 0.333. The Bertz CT molecular complexity index is 1170. The number of nitrogens with one attached hydrogen (secondary N) is 1. The summed E-state index contributed by atoms with van der Waals surface area (Å²) >= 11 is 0. The highest BCUT2D eigenvalue weighted by Crippen LogP contribution is 2.20. The zero-order valence-corrected chi connectivity index (χ0v) is 21.7. The maximum atomic E-state index is 14.6. The zero-order chi connectivity index (χ0) is 26.3. The number of benzene rings is 3. The molecule has 0 fully saturated rings. The van der Waals surface area contributed by atoms with Crippen LogP contribution in [0.2, 0.25) is 0 Å². The topological polar surface area (TPSA) is 58.6 Å². The molecule has 0 bridgehead atoms. The smallest absolute Gasteiger partial charge is 0.261 e. The van der Waals surface area contributed by atoms with Crippen LogP contribution in [-0.2, 0) is 22.6 Å². The average molecular weight is 491 g/mol. The molecule has 3 aromatic carbocycles. The van der Waals surface area contributed by atoms with Crippen LogP contribution in [0.25, 0.3) is 0 Å². The van der Waals surface area contributed by atoms with Crippen LogP contribution in [0, 0.1) is 19.7 Å². The first-order valence-electron chi connectivity index (χ1n) is 12.1. The Morgan fingerprint density at radius 2 is 1.56 bits per heavy atom. The van der Waals surface area contributed by atoms with Crippen molar-refractivity contribution < 1.29 is 18.7 Å². The summed E-state index contributed by atoms with van der Waals surface area (Å²) in [5.41, 5.74) is 2.76. The first-order chi connectivity index (χ1) is 17.0. The number of carbonyl (C=O) groups excluding carboxylic acids is 2. The van der Waals surface area contributed by atoms with Gasteiger partial charge in [0.05, 0.1) is 0 Å². The van der Waals surface area contributed by atoms with Gasteiger partial charge in [-0.15, -0.1) is 0 Å². The summed E-state index contributed by atoms with van der Waals surface area (Å²) in [5, 5.41) is 3.00. The third-order valence-electron chi connectivity index (χ3n) is 5.63. The van der Waals surface area contributed by atoms with Crippen LogP contribution in [0.4, 0.5) is 4.39 Å². The van der Waals surface area contributed by atoms with E-state index in [1.807, 2.05) is 83.1 Å². The number of aryl methyl sites for hydroxylation is 2. The van der Waals surface area contributed by atoms with Gasteiger partial charge in [-0.05, 0) is 69.5 Å². The summed E-state index contributed by atoms with van der Waals surface area (Å²) in [6, 6.07) is 20.7. The third kappa shape index (κ3) is 7.94. The molecule has 2 amide bonds. The van der Waals surface area contributed by atoms with E-state index in [-0.39, 0.29) is 25.5 Å². The molecule has 3 aromatic rings. The average Bonchev–Trinajstić information content (AvgIpc) is 2.80. The summed E-state index contributed by atoms with van der Waals surface area (Å²) in [5.74, 6) is -0.560. The Morgan fingerprint density at radius 1 is 0.944 bits per heavy atom. The molecule has 0 aliphatic heterocycles. The molecule has 0 saturated heterocycles. The van der Waals surface area contributed by atoms with Crippen molar-refractivity contribution >= 4 is 11.8 Å². The molecule has 0 aliphatic rings. The maximum Gasteiger partial charge on any atom is 0.261 e. The molecule has 0 saturated carbocycles. The fourth-order valence-corrected chi connectivity index (χ4v) is 4.06. The summed E-state index contributed by atoms with van der Waals surface area (Å²) in [7, 11) is 0. The summed E-state index contributed by atoms with van der Waals surface area (Å²) < 4.78 is 20.5. The van der Waals surface area contributed by atoms with Crippen LogP contribution in [0.15, 0.2) is 72.8 Å². The van der Waals surface area contributed by atoms with Gasteiger partial charge in [-0.1, -0.05) is 54.6 Å². The van der Waals surface area contributed by atoms with E-state index in [1.165, 1.54) is 11.0 Å². The number of rotatable bonds is 9. The largest absolute Gasteiger partial charge is 0.484 e. The van der Waals surface area contributed by atoms with E-state index < -0.39 is 23.3 Å². The van der Waals surface area contributed by atoms with Gasteiger partial charge in [0.2, 0.25) is 5.91 Å². The maximum absolute atomic E-state index is 14.6. The fourth-order valence-electron chi connectivity index (χ4n) is 4.06. The molecule has 6 heteroatoms. The van der Waals surface area contributed by atoms with Crippen molar-refractivity contribution in [1.29, 1.82) is 0 Å². The molecule has 36 heavy (non-hydrogen) atoms. The molecule has 0 aromatic heterocycles. The van der Waals surface area contributed by atoms with E-state index >= 15 is 0 Å². The van der Waals surface area contributed by atoms with E-state index in [0.717, 1.165) is 16.7 Å². The van der Waals surface area contributed by atoms with Gasteiger partial charge in [-0.3, -0.25) is 9.59 Å². The molecule has 0 heterocycles. The van der Waals surface area contributed by atoms with Crippen LogP contribution in [-0.4, -0.2) is 34.9 Å². The van der Waals surface area contributed by atoms with E-state index in [4.69, 9.17) is 4.74 Å². The van der Waals surface area contributed by atoms with Crippen molar-refractivity contribution in [3.8, 4) is 5.75 Å². The number of amides is 2. The van der Waals surface area contributed by atoms with Gasteiger partial charge < -0.3 is 15.0 Å². The van der Waals surface area contributed by atoms with Crippen LogP contribution < -0.4 is 10.1 Å². The Hall–Kier alpha value is -3.67. The predicted octanol–water partition coefficient (Wildman–Crippen LogP) is 5.38. The van der Waals surface area contributed by atoms with E-state index in [1.54, 1.807) is 18.2 Å². The molecule has 0 aliphatic carbocycles. The summed E-state index contributed by atoms with van der Waals surface area (Å²) in [6.07, 6.45) is 0.284. The monoisotopic (exact) mass is 490 g/mol. The van der Waals surface area contributed by atoms with Gasteiger partial charge in [0.1, 0.15) is 17.6 Å². The van der Waals surface area contributed by atoms with Crippen molar-refractivity contribution in [2.75, 3.05) is 6.61 Å². The lowest BCUT2D eigenvalue weighted by Gasteiger charge is -2.33. The van der Waals surface area contributed by atoms with Gasteiger partial charge >= 0.3 is 0 Å². The molecule has 1 atom stereocenters. The summed E-state index contributed by atoms with van der Waals surface area (Å²) in [4.78, 5) is 28.5. The Labute approximate surface area is 213 Å². The molecular formula is C30H35FN2O3. The first kappa shape index (κ1) is 26.9. The number of carbonyl (C=O) groups is 2. The Balaban J connectivity index is 1.95. The Kier molecular flexibility index (Phi) is 8.86. The predicted molar refractivity (Wildman–Crippen MR) is 140 cm³/mol. The standard InChI is InChI=1S/C30H35FN2O3/c1-21-15-22(2)17-25(16-21)36-20-28(34)33(19-24-13-9-10-14-26(24)31)27(29(35)32-30(3,4)5)18-23-11-7-6-8-12-23/h6-17,27H,18-20H2,1-5H3,(H,32,35)/t27-/m0/s1. The molecular weight excluding hydrogens is 455 g/mol. The normalized spacial score (nSPS) is 12.1. The van der Waals surface area contributed by atoms with Crippen LogP contribution in [0.5, 0.6) is 5.75 Å². The number of nitrogens with zero attached hydrogens (tertiary/aromatic N) is 1. The number of halogens is 1. The van der Waals surface area contributed by atoms with Gasteiger partial charge in [0.25, 0.3) is 5.91 Å². The highest BCUT2D eigenvalue weighted by atomic mass is 19.1. The van der Waals surface area contributed by atoms with Gasteiger partial charge in [-0.25, -0.2) is 4.39 Å². The quantitative estimate of drug-likeness (QED) is 0.438. The van der Waals surface area contributed by atoms with Gasteiger partial charge in [-0.2, -0.15) is 0 Å². The van der Waals surface area contributed by atoms with E-state index in [2.05, 4.69) is 5.32 Å². The molecule has 190 valence electrons. The van der Waals surface area contributed by atoms with Crippen molar-refractivity contribution in [1.82, 2.24) is 10.2 Å². The van der Waals surface area contributed by atoms with Crippen LogP contribution in [0.3, 0.4) is 0 Å². The molecule has 5 nitrogen and oxygen atoms in total. The second kappa shape index (κ2) is 11.8. The highest BCUT2D eigenvalue weighted by molar-refractivity contribution is 5.89. The number of ether oxygens (including phenoxy) is 1. The van der Waals surface area contributed by atoms with E-state index in [9.17, 15) is 14.0 Å². The second-order valence-corrected chi connectivity index (χ2v) is 10.2. The molecule has 0 unspecified atom stereocenters. The molecule has 0 spiro atoms. The lowest BCUT2D eigenvalue weighted by Crippen LogP contribution is -2.55. The highest BCUT2D eigenvalue weighted by Gasteiger charge is 2.33. The molecule has 1 N–H and O–H groups in total. The van der Waals surface area contributed by atoms with Gasteiger partial charge in [0, 0.05) is 24.1 Å². The minimum absolute atomic E-state index is 0.0588. The van der Waals surface area contributed by atoms with Crippen molar-refractivity contribution in [3.63, 3.8) is 0 Å². The lowest BCUT2D eigenvalue weighted by atomic mass is 10.0. The first-order valence-corrected chi connectivity index (χ1v) is 12.1. The lowest BCUT2D eigenvalue weighted by molar-refractivity contribution is -0.143. The van der Waals surface area contributed by atoms with Crippen molar-refractivity contribution in [2.45, 2.75) is 59.2 Å². The molecule has 3 rings (SSSR count). The zero-order valence-electron chi connectivity index (χ0n) is 21.7. The van der Waals surface area contributed by atoms with Crippen molar-refractivity contribution in [3.05, 3.63) is 101 Å². The Morgan fingerprint density at radius 3 is 2.17 bits per heavy atom. The van der Waals surface area contributed by atoms with Crippen molar-refractivity contribution in [2.24, 2.45) is 0 Å². The third-order valence-corrected chi connectivity index (χ3v) is 5.63. The molecule has 0 radical (unpaired) electrons. The van der Waals surface area contributed by atoms with Gasteiger partial charge in [0.15, 0.2) is 6.61 Å². The minimum Gasteiger partial charge on any atom is -0.484 e. The van der Waals surface area contributed by atoms with Crippen LogP contribution in [0.1, 0.15) is 43.0 Å².